The molecule has 0 radical (unpaired) electrons. The largest absolute Gasteiger partial charge is 0.480 e. The SMILES string of the molecule is CCC1SCC(C(=O)O)N1C(=O)C1CCOC1. The molecule has 1 amide bonds. The number of carboxylic acid groups (broad SMARTS) is 1. The molecule has 6 heteroatoms. The number of hydrogen-bond donors (Lipinski definition) is 1. The number of ether oxygens (including phenoxy) is 1. The van der Waals surface area contributed by atoms with E-state index in [1.165, 1.54) is 0 Å². The molecule has 0 saturated carbocycles. The van der Waals surface area contributed by atoms with Gasteiger partial charge in [0.05, 0.1) is 17.9 Å². The van der Waals surface area contributed by atoms with Gasteiger partial charge in [-0.25, -0.2) is 4.79 Å². The summed E-state index contributed by atoms with van der Waals surface area (Å²) in [5.41, 5.74) is 0. The zero-order valence-electron chi connectivity index (χ0n) is 9.80. The molecule has 2 heterocycles. The van der Waals surface area contributed by atoms with Crippen molar-refractivity contribution >= 4 is 23.6 Å². The lowest BCUT2D eigenvalue weighted by Crippen LogP contribution is -2.48. The minimum absolute atomic E-state index is 0.00389. The normalized spacial score (nSPS) is 33.0. The molecule has 0 spiro atoms. The maximum atomic E-state index is 12.3. The quantitative estimate of drug-likeness (QED) is 0.811. The monoisotopic (exact) mass is 259 g/mol. The van der Waals surface area contributed by atoms with E-state index in [1.54, 1.807) is 16.7 Å². The van der Waals surface area contributed by atoms with Crippen LogP contribution in [0.1, 0.15) is 19.8 Å². The summed E-state index contributed by atoms with van der Waals surface area (Å²) in [6, 6.07) is -0.668. The third kappa shape index (κ3) is 2.42. The topological polar surface area (TPSA) is 66.8 Å². The number of nitrogens with zero attached hydrogens (tertiary/aromatic N) is 1. The van der Waals surface area contributed by atoms with Crippen molar-refractivity contribution < 1.29 is 19.4 Å². The van der Waals surface area contributed by atoms with Gasteiger partial charge >= 0.3 is 5.97 Å². The van der Waals surface area contributed by atoms with Crippen molar-refractivity contribution in [3.63, 3.8) is 0 Å². The molecule has 5 nitrogen and oxygen atoms in total. The van der Waals surface area contributed by atoms with E-state index in [2.05, 4.69) is 0 Å². The van der Waals surface area contributed by atoms with Crippen LogP contribution in [0.15, 0.2) is 0 Å². The van der Waals surface area contributed by atoms with Crippen molar-refractivity contribution in [1.82, 2.24) is 4.90 Å². The molecule has 0 aromatic heterocycles. The molecule has 2 fully saturated rings. The first-order valence-corrected chi connectivity index (χ1v) is 6.94. The molecule has 17 heavy (non-hydrogen) atoms. The average molecular weight is 259 g/mol. The Balaban J connectivity index is 2.12. The molecular formula is C11H17NO4S. The maximum absolute atomic E-state index is 12.3. The fraction of sp³-hybridized carbons (Fsp3) is 0.818. The zero-order chi connectivity index (χ0) is 12.4. The van der Waals surface area contributed by atoms with Gasteiger partial charge in [-0.05, 0) is 12.8 Å². The first-order chi connectivity index (χ1) is 8.15. The predicted octanol–water partition coefficient (Wildman–Crippen LogP) is 0.788. The Bertz CT molecular complexity index is 317. The highest BCUT2D eigenvalue weighted by atomic mass is 32.2. The Labute approximate surface area is 104 Å². The average Bonchev–Trinajstić information content (AvgIpc) is 2.96. The third-order valence-electron chi connectivity index (χ3n) is 3.26. The van der Waals surface area contributed by atoms with Crippen LogP contribution in [0.3, 0.4) is 0 Å². The highest BCUT2D eigenvalue weighted by Gasteiger charge is 2.43. The van der Waals surface area contributed by atoms with Gasteiger partial charge in [0.15, 0.2) is 0 Å². The van der Waals surface area contributed by atoms with Crippen LogP contribution in [0.25, 0.3) is 0 Å². The van der Waals surface area contributed by atoms with Crippen molar-refractivity contribution in [1.29, 1.82) is 0 Å². The standard InChI is InChI=1S/C11H17NO4S/c1-2-9-12(8(6-17-9)11(14)15)10(13)7-3-4-16-5-7/h7-9H,2-6H2,1H3,(H,14,15). The van der Waals surface area contributed by atoms with E-state index in [4.69, 9.17) is 9.84 Å². The van der Waals surface area contributed by atoms with Gasteiger partial charge in [-0.2, -0.15) is 0 Å². The lowest BCUT2D eigenvalue weighted by Gasteiger charge is -2.28. The Kier molecular flexibility index (Phi) is 3.93. The van der Waals surface area contributed by atoms with Crippen molar-refractivity contribution in [3.8, 4) is 0 Å². The van der Waals surface area contributed by atoms with Gasteiger partial charge < -0.3 is 14.7 Å². The Morgan fingerprint density at radius 2 is 2.29 bits per heavy atom. The second kappa shape index (κ2) is 5.27. The molecule has 2 aliphatic rings. The molecule has 2 saturated heterocycles. The number of hydrogen-bond acceptors (Lipinski definition) is 4. The van der Waals surface area contributed by atoms with Crippen LogP contribution < -0.4 is 0 Å². The first-order valence-electron chi connectivity index (χ1n) is 5.89. The minimum Gasteiger partial charge on any atom is -0.480 e. The van der Waals surface area contributed by atoms with Crippen LogP contribution in [0.2, 0.25) is 0 Å². The molecule has 0 aromatic rings. The maximum Gasteiger partial charge on any atom is 0.327 e. The fourth-order valence-corrected chi connectivity index (χ4v) is 3.66. The van der Waals surface area contributed by atoms with E-state index in [0.717, 1.165) is 6.42 Å². The molecule has 3 atom stereocenters. The Hall–Kier alpha value is -0.750. The zero-order valence-corrected chi connectivity index (χ0v) is 10.6. The van der Waals surface area contributed by atoms with E-state index in [9.17, 15) is 9.59 Å². The molecule has 2 aliphatic heterocycles. The van der Waals surface area contributed by atoms with E-state index >= 15 is 0 Å². The summed E-state index contributed by atoms with van der Waals surface area (Å²) < 4.78 is 5.20. The number of amides is 1. The molecule has 3 unspecified atom stereocenters. The van der Waals surface area contributed by atoms with Crippen LogP contribution in [0.5, 0.6) is 0 Å². The number of thioether (sulfide) groups is 1. The van der Waals surface area contributed by atoms with E-state index in [-0.39, 0.29) is 17.2 Å². The highest BCUT2D eigenvalue weighted by Crippen LogP contribution is 2.33. The van der Waals surface area contributed by atoms with Crippen LogP contribution in [-0.2, 0) is 14.3 Å². The third-order valence-corrected chi connectivity index (χ3v) is 4.71. The minimum atomic E-state index is -0.902. The fourth-order valence-electron chi connectivity index (χ4n) is 2.30. The van der Waals surface area contributed by atoms with Crippen LogP contribution >= 0.6 is 11.8 Å². The summed E-state index contributed by atoms with van der Waals surface area (Å²) in [5.74, 6) is -0.607. The van der Waals surface area contributed by atoms with Gasteiger partial charge in [0.25, 0.3) is 0 Å². The van der Waals surface area contributed by atoms with Crippen molar-refractivity contribution in [3.05, 3.63) is 0 Å². The summed E-state index contributed by atoms with van der Waals surface area (Å²) in [5, 5.41) is 9.15. The lowest BCUT2D eigenvalue weighted by molar-refractivity contribution is -0.151. The van der Waals surface area contributed by atoms with E-state index < -0.39 is 12.0 Å². The summed E-state index contributed by atoms with van der Waals surface area (Å²) in [4.78, 5) is 25.0. The van der Waals surface area contributed by atoms with Gasteiger partial charge in [-0.3, -0.25) is 4.79 Å². The summed E-state index contributed by atoms with van der Waals surface area (Å²) >= 11 is 1.56. The van der Waals surface area contributed by atoms with Gasteiger partial charge in [0, 0.05) is 12.4 Å². The second-order valence-corrected chi connectivity index (χ2v) is 5.57. The van der Waals surface area contributed by atoms with Crippen molar-refractivity contribution in [2.24, 2.45) is 5.92 Å². The van der Waals surface area contributed by atoms with E-state index in [0.29, 0.717) is 25.4 Å². The highest BCUT2D eigenvalue weighted by molar-refractivity contribution is 8.00. The molecule has 0 aliphatic carbocycles. The van der Waals surface area contributed by atoms with Crippen molar-refractivity contribution in [2.75, 3.05) is 19.0 Å². The Morgan fingerprint density at radius 1 is 1.53 bits per heavy atom. The number of carbonyl (C=O) groups is 2. The molecule has 96 valence electrons. The summed E-state index contributed by atoms with van der Waals surface area (Å²) in [7, 11) is 0. The predicted molar refractivity (Wildman–Crippen MR) is 63.7 cm³/mol. The van der Waals surface area contributed by atoms with Gasteiger partial charge in [-0.15, -0.1) is 11.8 Å². The number of carbonyl (C=O) groups excluding carboxylic acids is 1. The van der Waals surface area contributed by atoms with Gasteiger partial charge in [0.2, 0.25) is 5.91 Å². The molecule has 0 bridgehead atoms. The summed E-state index contributed by atoms with van der Waals surface area (Å²) in [6.45, 7) is 3.02. The molecule has 1 N–H and O–H groups in total. The first kappa shape index (κ1) is 12.7. The van der Waals surface area contributed by atoms with Crippen LogP contribution in [-0.4, -0.2) is 52.3 Å². The molecule has 0 aromatic carbocycles. The number of carboxylic acids is 1. The second-order valence-electron chi connectivity index (χ2n) is 4.36. The smallest absolute Gasteiger partial charge is 0.327 e. The van der Waals surface area contributed by atoms with Gasteiger partial charge in [0.1, 0.15) is 6.04 Å². The van der Waals surface area contributed by atoms with E-state index in [1.807, 2.05) is 6.92 Å². The summed E-state index contributed by atoms with van der Waals surface area (Å²) in [6.07, 6.45) is 1.50. The molecule has 2 rings (SSSR count). The Morgan fingerprint density at radius 3 is 2.82 bits per heavy atom. The molecular weight excluding hydrogens is 242 g/mol. The number of aliphatic carboxylic acids is 1. The van der Waals surface area contributed by atoms with Crippen molar-refractivity contribution in [2.45, 2.75) is 31.2 Å². The van der Waals surface area contributed by atoms with Gasteiger partial charge in [-0.1, -0.05) is 6.92 Å². The van der Waals surface area contributed by atoms with Crippen LogP contribution in [0, 0.1) is 5.92 Å². The number of rotatable bonds is 3. The van der Waals surface area contributed by atoms with Crippen LogP contribution in [0.4, 0.5) is 0 Å². The lowest BCUT2D eigenvalue weighted by atomic mass is 10.1.